The lowest BCUT2D eigenvalue weighted by Crippen LogP contribution is -2.50. The Hall–Kier alpha value is -1.34. The Morgan fingerprint density at radius 1 is 0.800 bits per heavy atom. The Balaban J connectivity index is 2.13. The fourth-order valence-electron chi connectivity index (χ4n) is 2.66. The van der Waals surface area contributed by atoms with E-state index in [4.69, 9.17) is 0 Å². The molecule has 1 heteroatoms. The van der Waals surface area contributed by atoms with Gasteiger partial charge in [0.05, 0.1) is 8.07 Å². The molecule has 0 saturated heterocycles. The second-order valence-corrected chi connectivity index (χ2v) is 12.0. The van der Waals surface area contributed by atoms with Crippen LogP contribution in [0.25, 0.3) is 0 Å². The van der Waals surface area contributed by atoms with E-state index in [1.54, 1.807) is 5.19 Å². The molecule has 0 fully saturated rings. The number of benzene rings is 2. The minimum Gasteiger partial charge on any atom is -0.0650 e. The van der Waals surface area contributed by atoms with Crippen molar-refractivity contribution in [3.05, 3.63) is 66.2 Å². The van der Waals surface area contributed by atoms with E-state index in [1.165, 1.54) is 18.4 Å². The van der Waals surface area contributed by atoms with Crippen LogP contribution in [0.2, 0.25) is 18.1 Å². The molecule has 2 aromatic carbocycles. The molecule has 0 spiro atoms. The van der Waals surface area contributed by atoms with Crippen molar-refractivity contribution in [2.75, 3.05) is 0 Å². The van der Waals surface area contributed by atoms with Crippen molar-refractivity contribution < 1.29 is 0 Å². The van der Waals surface area contributed by atoms with E-state index in [0.717, 1.165) is 0 Å². The van der Waals surface area contributed by atoms with Gasteiger partial charge < -0.3 is 0 Å². The highest BCUT2D eigenvalue weighted by Crippen LogP contribution is 2.41. The minimum absolute atomic E-state index is 0.393. The maximum Gasteiger partial charge on any atom is 0.0861 e. The van der Waals surface area contributed by atoms with Crippen molar-refractivity contribution in [2.24, 2.45) is 0 Å². The smallest absolute Gasteiger partial charge is 0.0650 e. The lowest BCUT2D eigenvalue weighted by atomic mass is 10.0. The van der Waals surface area contributed by atoms with Gasteiger partial charge in [0.1, 0.15) is 0 Å². The molecule has 0 aliphatic heterocycles. The summed E-state index contributed by atoms with van der Waals surface area (Å²) in [6.45, 7) is 9.92. The summed E-state index contributed by atoms with van der Waals surface area (Å²) >= 11 is 0. The number of rotatable bonds is 5. The van der Waals surface area contributed by atoms with Gasteiger partial charge in [0, 0.05) is 0 Å². The molecule has 0 unspecified atom stereocenters. The lowest BCUT2D eigenvalue weighted by molar-refractivity contribution is 0.587. The van der Waals surface area contributed by atoms with Crippen LogP contribution >= 0.6 is 0 Å². The maximum absolute atomic E-state index is 2.51. The van der Waals surface area contributed by atoms with E-state index in [-0.39, 0.29) is 0 Å². The monoisotopic (exact) mass is 282 g/mol. The summed E-state index contributed by atoms with van der Waals surface area (Å²) in [7, 11) is -1.46. The molecule has 0 amide bonds. The molecule has 0 aliphatic rings. The van der Waals surface area contributed by atoms with Crippen molar-refractivity contribution in [3.8, 4) is 0 Å². The van der Waals surface area contributed by atoms with Gasteiger partial charge in [0.25, 0.3) is 0 Å². The summed E-state index contributed by atoms with van der Waals surface area (Å²) in [5, 5.41) is 1.96. The third-order valence-electron chi connectivity index (χ3n) is 5.07. The molecule has 0 atom stereocenters. The SMILES string of the molecule is CC(C)(CCc1ccccc1)[Si](C)(C)c1ccccc1. The minimum atomic E-state index is -1.46. The van der Waals surface area contributed by atoms with E-state index < -0.39 is 8.07 Å². The topological polar surface area (TPSA) is 0 Å². The zero-order valence-corrected chi connectivity index (χ0v) is 14.2. The molecule has 0 N–H and O–H groups in total. The Bertz CT molecular complexity index is 526. The zero-order valence-electron chi connectivity index (χ0n) is 13.2. The molecular weight excluding hydrogens is 256 g/mol. The van der Waals surface area contributed by atoms with Crippen LogP contribution in [0.15, 0.2) is 60.7 Å². The van der Waals surface area contributed by atoms with Crippen molar-refractivity contribution in [1.82, 2.24) is 0 Å². The third-order valence-corrected chi connectivity index (χ3v) is 10.5. The summed E-state index contributed by atoms with van der Waals surface area (Å²) < 4.78 is 0. The van der Waals surface area contributed by atoms with Gasteiger partial charge in [0.2, 0.25) is 0 Å². The van der Waals surface area contributed by atoms with Crippen molar-refractivity contribution >= 4 is 13.3 Å². The molecular formula is C19H26Si. The summed E-state index contributed by atoms with van der Waals surface area (Å²) in [6.07, 6.45) is 2.43. The summed E-state index contributed by atoms with van der Waals surface area (Å²) in [6, 6.07) is 22.0. The van der Waals surface area contributed by atoms with Gasteiger partial charge in [-0.25, -0.2) is 0 Å². The van der Waals surface area contributed by atoms with E-state index in [2.05, 4.69) is 87.6 Å². The first-order valence-corrected chi connectivity index (χ1v) is 10.5. The molecule has 2 rings (SSSR count). The average Bonchev–Trinajstić information content (AvgIpc) is 2.47. The molecule has 0 aliphatic carbocycles. The van der Waals surface area contributed by atoms with Crippen LogP contribution < -0.4 is 5.19 Å². The number of hydrogen-bond acceptors (Lipinski definition) is 0. The highest BCUT2D eigenvalue weighted by Gasteiger charge is 2.39. The van der Waals surface area contributed by atoms with Gasteiger partial charge in [-0.3, -0.25) is 0 Å². The van der Waals surface area contributed by atoms with Crippen molar-refractivity contribution in [2.45, 2.75) is 44.8 Å². The van der Waals surface area contributed by atoms with Gasteiger partial charge in [-0.1, -0.05) is 92.8 Å². The first-order chi connectivity index (χ1) is 9.43. The van der Waals surface area contributed by atoms with Crippen LogP contribution in [0, 0.1) is 0 Å². The quantitative estimate of drug-likeness (QED) is 0.676. The van der Waals surface area contributed by atoms with Gasteiger partial charge in [0.15, 0.2) is 0 Å². The largest absolute Gasteiger partial charge is 0.0861 e. The van der Waals surface area contributed by atoms with Crippen molar-refractivity contribution in [3.63, 3.8) is 0 Å². The first kappa shape index (κ1) is 15.1. The fourth-order valence-corrected chi connectivity index (χ4v) is 5.22. The van der Waals surface area contributed by atoms with E-state index in [1.807, 2.05) is 0 Å². The standard InChI is InChI=1S/C19H26Si/c1-19(2,16-15-17-11-7-5-8-12-17)20(3,4)18-13-9-6-10-14-18/h5-14H,15-16H2,1-4H3. The second-order valence-electron chi connectivity index (χ2n) is 6.86. The molecule has 0 heterocycles. The molecule has 20 heavy (non-hydrogen) atoms. The van der Waals surface area contributed by atoms with E-state index >= 15 is 0 Å². The average molecular weight is 283 g/mol. The van der Waals surface area contributed by atoms with Gasteiger partial charge in [-0.05, 0) is 23.4 Å². The number of aryl methyl sites for hydroxylation is 1. The van der Waals surface area contributed by atoms with Gasteiger partial charge in [-0.2, -0.15) is 0 Å². The second kappa shape index (κ2) is 5.97. The lowest BCUT2D eigenvalue weighted by Gasteiger charge is -2.40. The maximum atomic E-state index is 2.51. The van der Waals surface area contributed by atoms with E-state index in [0.29, 0.717) is 5.04 Å². The van der Waals surface area contributed by atoms with Crippen LogP contribution in [-0.2, 0) is 6.42 Å². The predicted molar refractivity (Wildman–Crippen MR) is 92.4 cm³/mol. The highest BCUT2D eigenvalue weighted by atomic mass is 28.3. The van der Waals surface area contributed by atoms with Crippen LogP contribution in [0.5, 0.6) is 0 Å². The highest BCUT2D eigenvalue weighted by molar-refractivity contribution is 6.92. The van der Waals surface area contributed by atoms with Gasteiger partial charge in [-0.15, -0.1) is 0 Å². The first-order valence-electron chi connectivity index (χ1n) is 7.53. The van der Waals surface area contributed by atoms with E-state index in [9.17, 15) is 0 Å². The molecule has 0 radical (unpaired) electrons. The zero-order chi connectivity index (χ0) is 14.6. The Morgan fingerprint density at radius 3 is 1.85 bits per heavy atom. The normalized spacial score (nSPS) is 12.4. The Labute approximate surface area is 124 Å². The van der Waals surface area contributed by atoms with Crippen molar-refractivity contribution in [1.29, 1.82) is 0 Å². The summed E-state index contributed by atoms with van der Waals surface area (Å²) in [5.74, 6) is 0. The molecule has 0 nitrogen and oxygen atoms in total. The number of hydrogen-bond donors (Lipinski definition) is 0. The van der Waals surface area contributed by atoms with Crippen LogP contribution in [0.3, 0.4) is 0 Å². The molecule has 0 saturated carbocycles. The Kier molecular flexibility index (Phi) is 4.49. The Morgan fingerprint density at radius 2 is 1.30 bits per heavy atom. The van der Waals surface area contributed by atoms with Crippen LogP contribution in [0.1, 0.15) is 25.8 Å². The fraction of sp³-hybridized carbons (Fsp3) is 0.368. The third kappa shape index (κ3) is 3.21. The molecule has 0 aromatic heterocycles. The summed E-state index contributed by atoms with van der Waals surface area (Å²) in [4.78, 5) is 0. The summed E-state index contributed by atoms with van der Waals surface area (Å²) in [5.41, 5.74) is 1.46. The molecule has 2 aromatic rings. The van der Waals surface area contributed by atoms with Crippen LogP contribution in [-0.4, -0.2) is 8.07 Å². The predicted octanol–water partition coefficient (Wildman–Crippen LogP) is 5.02. The molecule has 0 bridgehead atoms. The molecule has 106 valence electrons. The van der Waals surface area contributed by atoms with Crippen LogP contribution in [0.4, 0.5) is 0 Å². The van der Waals surface area contributed by atoms with Gasteiger partial charge >= 0.3 is 0 Å².